The van der Waals surface area contributed by atoms with Gasteiger partial charge in [0.05, 0.1) is 0 Å². The molecule has 0 amide bonds. The van der Waals surface area contributed by atoms with Gasteiger partial charge in [0, 0.05) is 18.6 Å². The lowest BCUT2D eigenvalue weighted by Gasteiger charge is -2.15. The van der Waals surface area contributed by atoms with Crippen LogP contribution >= 0.6 is 11.8 Å². The Hall–Kier alpha value is 0.270. The minimum absolute atomic E-state index is 0.283. The molecule has 2 nitrogen and oxygen atoms in total. The average Bonchev–Trinajstić information content (AvgIpc) is 2.74. The molecule has 0 aromatic carbocycles. The second-order valence-electron chi connectivity index (χ2n) is 4.52. The molecule has 3 heteroatoms. The molecule has 0 aromatic rings. The van der Waals surface area contributed by atoms with Crippen LogP contribution in [0, 0.1) is 11.3 Å². The number of rotatable bonds is 5. The molecule has 1 saturated heterocycles. The van der Waals surface area contributed by atoms with Gasteiger partial charge in [0.15, 0.2) is 0 Å². The van der Waals surface area contributed by atoms with Gasteiger partial charge in [-0.2, -0.15) is 11.8 Å². The van der Waals surface area contributed by atoms with Gasteiger partial charge in [0.2, 0.25) is 0 Å². The van der Waals surface area contributed by atoms with E-state index in [-0.39, 0.29) is 5.41 Å². The average molecular weight is 201 g/mol. The lowest BCUT2D eigenvalue weighted by atomic mass is 10.1. The third-order valence-electron chi connectivity index (χ3n) is 3.25. The summed E-state index contributed by atoms with van der Waals surface area (Å²) in [4.78, 5) is 0. The van der Waals surface area contributed by atoms with Crippen LogP contribution in [0.15, 0.2) is 0 Å². The lowest BCUT2D eigenvalue weighted by Crippen LogP contribution is -2.30. The van der Waals surface area contributed by atoms with E-state index >= 15 is 0 Å². The Bertz CT molecular complexity index is 164. The van der Waals surface area contributed by atoms with Crippen LogP contribution in [-0.2, 0) is 0 Å². The molecule has 2 fully saturated rings. The van der Waals surface area contributed by atoms with Crippen LogP contribution in [0.3, 0.4) is 0 Å². The van der Waals surface area contributed by atoms with Gasteiger partial charge in [0.1, 0.15) is 0 Å². The Labute approximate surface area is 84.5 Å². The first-order chi connectivity index (χ1) is 6.35. The van der Waals surface area contributed by atoms with Crippen LogP contribution in [0.25, 0.3) is 0 Å². The number of thioether (sulfide) groups is 1. The highest BCUT2D eigenvalue weighted by Gasteiger charge is 2.41. The number of hydrogen-bond donors (Lipinski definition) is 2. The smallest absolute Gasteiger partial charge is 0.0499 e. The summed E-state index contributed by atoms with van der Waals surface area (Å²) in [5, 5.41) is 12.6. The van der Waals surface area contributed by atoms with E-state index in [1.54, 1.807) is 0 Å². The van der Waals surface area contributed by atoms with Crippen molar-refractivity contribution in [3.8, 4) is 0 Å². The van der Waals surface area contributed by atoms with Gasteiger partial charge >= 0.3 is 0 Å². The van der Waals surface area contributed by atoms with Crippen molar-refractivity contribution in [2.24, 2.45) is 11.3 Å². The van der Waals surface area contributed by atoms with Crippen LogP contribution in [0.5, 0.6) is 0 Å². The summed E-state index contributed by atoms with van der Waals surface area (Å²) in [5.41, 5.74) is 0.283. The Morgan fingerprint density at radius 2 is 2.31 bits per heavy atom. The summed E-state index contributed by atoms with van der Waals surface area (Å²) in [7, 11) is 0. The van der Waals surface area contributed by atoms with Gasteiger partial charge in [-0.15, -0.1) is 0 Å². The third kappa shape index (κ3) is 2.61. The quantitative estimate of drug-likeness (QED) is 0.698. The van der Waals surface area contributed by atoms with Crippen LogP contribution in [-0.4, -0.2) is 36.3 Å². The molecule has 1 atom stereocenters. The van der Waals surface area contributed by atoms with Gasteiger partial charge in [-0.3, -0.25) is 0 Å². The summed E-state index contributed by atoms with van der Waals surface area (Å²) in [6.45, 7) is 2.57. The van der Waals surface area contributed by atoms with Gasteiger partial charge in [-0.25, -0.2) is 0 Å². The van der Waals surface area contributed by atoms with Crippen molar-refractivity contribution in [3.63, 3.8) is 0 Å². The number of aliphatic hydroxyl groups excluding tert-OH is 1. The van der Waals surface area contributed by atoms with E-state index in [1.165, 1.54) is 30.8 Å². The molecular weight excluding hydrogens is 182 g/mol. The Morgan fingerprint density at radius 1 is 1.46 bits per heavy atom. The predicted octanol–water partition coefficient (Wildman–Crippen LogP) is 1.10. The van der Waals surface area contributed by atoms with Crippen molar-refractivity contribution < 1.29 is 5.11 Å². The molecule has 2 aliphatic rings. The largest absolute Gasteiger partial charge is 0.396 e. The molecular formula is C10H19NOS. The van der Waals surface area contributed by atoms with E-state index in [4.69, 9.17) is 5.11 Å². The maximum atomic E-state index is 9.10. The highest BCUT2D eigenvalue weighted by molar-refractivity contribution is 7.99. The second-order valence-corrected chi connectivity index (χ2v) is 5.67. The molecule has 1 aliphatic heterocycles. The fourth-order valence-corrected chi connectivity index (χ4v) is 3.14. The molecule has 2 N–H and O–H groups in total. The molecule has 1 saturated carbocycles. The first-order valence-corrected chi connectivity index (χ1v) is 6.39. The predicted molar refractivity (Wildman–Crippen MR) is 57.1 cm³/mol. The van der Waals surface area contributed by atoms with Gasteiger partial charge < -0.3 is 10.4 Å². The first-order valence-electron chi connectivity index (χ1n) is 5.24. The maximum Gasteiger partial charge on any atom is 0.0499 e. The summed E-state index contributed by atoms with van der Waals surface area (Å²) in [6, 6.07) is 0. The Kier molecular flexibility index (Phi) is 3.17. The zero-order valence-electron chi connectivity index (χ0n) is 8.09. The van der Waals surface area contributed by atoms with Crippen LogP contribution < -0.4 is 5.32 Å². The Morgan fingerprint density at radius 3 is 2.85 bits per heavy atom. The summed E-state index contributed by atoms with van der Waals surface area (Å²) < 4.78 is 0. The fraction of sp³-hybridized carbons (Fsp3) is 1.00. The van der Waals surface area contributed by atoms with Crippen LogP contribution in [0.1, 0.15) is 19.3 Å². The minimum atomic E-state index is 0.283. The van der Waals surface area contributed by atoms with E-state index in [1.807, 2.05) is 0 Å². The molecule has 0 aromatic heterocycles. The van der Waals surface area contributed by atoms with Crippen molar-refractivity contribution in [1.29, 1.82) is 0 Å². The SMILES string of the molecule is OCC1(CNCC2CCSC2)CC1. The second kappa shape index (κ2) is 4.20. The molecule has 1 heterocycles. The van der Waals surface area contributed by atoms with Crippen molar-refractivity contribution in [1.82, 2.24) is 5.32 Å². The molecule has 0 radical (unpaired) electrons. The molecule has 13 heavy (non-hydrogen) atoms. The van der Waals surface area contributed by atoms with E-state index in [9.17, 15) is 0 Å². The topological polar surface area (TPSA) is 32.3 Å². The first kappa shape index (κ1) is 9.81. The molecule has 2 rings (SSSR count). The third-order valence-corrected chi connectivity index (χ3v) is 4.48. The maximum absolute atomic E-state index is 9.10. The van der Waals surface area contributed by atoms with Crippen molar-refractivity contribution in [3.05, 3.63) is 0 Å². The van der Waals surface area contributed by atoms with E-state index < -0.39 is 0 Å². The number of nitrogens with one attached hydrogen (secondary N) is 1. The lowest BCUT2D eigenvalue weighted by molar-refractivity contribution is 0.206. The van der Waals surface area contributed by atoms with Gasteiger partial charge in [-0.05, 0) is 43.2 Å². The Balaban J connectivity index is 1.58. The number of hydrogen-bond acceptors (Lipinski definition) is 3. The number of aliphatic hydroxyl groups is 1. The monoisotopic (exact) mass is 201 g/mol. The van der Waals surface area contributed by atoms with Gasteiger partial charge in [0.25, 0.3) is 0 Å². The van der Waals surface area contributed by atoms with Crippen LogP contribution in [0.2, 0.25) is 0 Å². The molecule has 76 valence electrons. The zero-order chi connectivity index (χ0) is 9.15. The molecule has 0 spiro atoms. The highest BCUT2D eigenvalue weighted by Crippen LogP contribution is 2.44. The summed E-state index contributed by atoms with van der Waals surface area (Å²) in [5.74, 6) is 3.57. The molecule has 1 unspecified atom stereocenters. The van der Waals surface area contributed by atoms with Crippen molar-refractivity contribution in [2.45, 2.75) is 19.3 Å². The van der Waals surface area contributed by atoms with Crippen molar-refractivity contribution in [2.75, 3.05) is 31.2 Å². The van der Waals surface area contributed by atoms with E-state index in [0.717, 1.165) is 19.0 Å². The zero-order valence-corrected chi connectivity index (χ0v) is 8.91. The van der Waals surface area contributed by atoms with Crippen molar-refractivity contribution >= 4 is 11.8 Å². The summed E-state index contributed by atoms with van der Waals surface area (Å²) >= 11 is 2.07. The highest BCUT2D eigenvalue weighted by atomic mass is 32.2. The minimum Gasteiger partial charge on any atom is -0.396 e. The molecule has 0 bridgehead atoms. The summed E-state index contributed by atoms with van der Waals surface area (Å²) in [6.07, 6.45) is 3.82. The normalized spacial score (nSPS) is 30.7. The van der Waals surface area contributed by atoms with Gasteiger partial charge in [-0.1, -0.05) is 0 Å². The van der Waals surface area contributed by atoms with E-state index in [0.29, 0.717) is 6.61 Å². The standard InChI is InChI=1S/C10H19NOS/c12-8-10(2-3-10)7-11-5-9-1-4-13-6-9/h9,11-12H,1-8H2. The molecule has 1 aliphatic carbocycles. The van der Waals surface area contributed by atoms with Crippen LogP contribution in [0.4, 0.5) is 0 Å². The van der Waals surface area contributed by atoms with E-state index in [2.05, 4.69) is 17.1 Å². The fourth-order valence-electron chi connectivity index (χ4n) is 1.85.